The Kier molecular flexibility index (Phi) is 4.65. The van der Waals surface area contributed by atoms with Gasteiger partial charge in [-0.25, -0.2) is 0 Å². The Morgan fingerprint density at radius 3 is 2.58 bits per heavy atom. The first-order chi connectivity index (χ1) is 11.5. The van der Waals surface area contributed by atoms with E-state index in [2.05, 4.69) is 5.32 Å². The van der Waals surface area contributed by atoms with E-state index in [0.29, 0.717) is 24.9 Å². The Balaban J connectivity index is 1.84. The highest BCUT2D eigenvalue weighted by Gasteiger charge is 2.22. The lowest BCUT2D eigenvalue weighted by molar-refractivity contribution is -0.116. The molecule has 0 saturated heterocycles. The first kappa shape index (κ1) is 16.2. The average Bonchev–Trinajstić information content (AvgIpc) is 2.59. The molecular formula is C20H22N2O2. The number of amides is 2. The Morgan fingerprint density at radius 2 is 1.88 bits per heavy atom. The van der Waals surface area contributed by atoms with E-state index in [4.69, 9.17) is 0 Å². The van der Waals surface area contributed by atoms with Crippen molar-refractivity contribution in [3.63, 3.8) is 0 Å². The van der Waals surface area contributed by atoms with E-state index < -0.39 is 0 Å². The van der Waals surface area contributed by atoms with Gasteiger partial charge in [0.25, 0.3) is 5.91 Å². The van der Waals surface area contributed by atoms with Crippen molar-refractivity contribution in [3.05, 3.63) is 65.2 Å². The number of hydrogen-bond donors (Lipinski definition) is 1. The van der Waals surface area contributed by atoms with E-state index in [-0.39, 0.29) is 17.9 Å². The lowest BCUT2D eigenvalue weighted by Crippen LogP contribution is -2.36. The van der Waals surface area contributed by atoms with E-state index in [1.54, 1.807) is 6.07 Å². The van der Waals surface area contributed by atoms with Crippen molar-refractivity contribution in [2.45, 2.75) is 39.3 Å². The molecule has 3 rings (SSSR count). The molecule has 0 atom stereocenters. The molecule has 124 valence electrons. The second-order valence-electron chi connectivity index (χ2n) is 6.43. The van der Waals surface area contributed by atoms with Gasteiger partial charge in [0.05, 0.1) is 0 Å². The summed E-state index contributed by atoms with van der Waals surface area (Å²) in [7, 11) is 0. The molecule has 1 heterocycles. The SMILES string of the molecule is CC(C)N(Cc1ccccc1)C(=O)c1ccc2c(c1)CCC(=O)N2. The van der Waals surface area contributed by atoms with E-state index in [0.717, 1.165) is 16.8 Å². The fourth-order valence-corrected chi connectivity index (χ4v) is 2.95. The summed E-state index contributed by atoms with van der Waals surface area (Å²) >= 11 is 0. The van der Waals surface area contributed by atoms with Gasteiger partial charge < -0.3 is 10.2 Å². The first-order valence-corrected chi connectivity index (χ1v) is 8.32. The largest absolute Gasteiger partial charge is 0.332 e. The molecule has 0 saturated carbocycles. The zero-order valence-corrected chi connectivity index (χ0v) is 14.1. The summed E-state index contributed by atoms with van der Waals surface area (Å²) in [5, 5.41) is 2.85. The summed E-state index contributed by atoms with van der Waals surface area (Å²) in [6, 6.07) is 15.7. The van der Waals surface area contributed by atoms with Gasteiger partial charge in [-0.3, -0.25) is 9.59 Å². The summed E-state index contributed by atoms with van der Waals surface area (Å²) in [6.45, 7) is 4.64. The van der Waals surface area contributed by atoms with Crippen LogP contribution in [0.4, 0.5) is 5.69 Å². The maximum absolute atomic E-state index is 13.0. The van der Waals surface area contributed by atoms with Crippen molar-refractivity contribution in [2.24, 2.45) is 0 Å². The number of nitrogens with one attached hydrogen (secondary N) is 1. The quantitative estimate of drug-likeness (QED) is 0.934. The molecule has 0 bridgehead atoms. The van der Waals surface area contributed by atoms with Gasteiger partial charge in [0.15, 0.2) is 0 Å². The highest BCUT2D eigenvalue weighted by Crippen LogP contribution is 2.25. The van der Waals surface area contributed by atoms with Crippen molar-refractivity contribution < 1.29 is 9.59 Å². The molecule has 0 aliphatic carbocycles. The fourth-order valence-electron chi connectivity index (χ4n) is 2.95. The predicted octanol–water partition coefficient (Wildman–Crippen LogP) is 3.62. The smallest absolute Gasteiger partial charge is 0.254 e. The molecule has 24 heavy (non-hydrogen) atoms. The maximum Gasteiger partial charge on any atom is 0.254 e. The van der Waals surface area contributed by atoms with E-state index in [9.17, 15) is 9.59 Å². The van der Waals surface area contributed by atoms with Crippen LogP contribution in [-0.4, -0.2) is 22.8 Å². The topological polar surface area (TPSA) is 49.4 Å². The Morgan fingerprint density at radius 1 is 1.12 bits per heavy atom. The number of hydrogen-bond acceptors (Lipinski definition) is 2. The van der Waals surface area contributed by atoms with Gasteiger partial charge in [-0.2, -0.15) is 0 Å². The van der Waals surface area contributed by atoms with E-state index >= 15 is 0 Å². The van der Waals surface area contributed by atoms with Crippen LogP contribution >= 0.6 is 0 Å². The van der Waals surface area contributed by atoms with Crippen LogP contribution in [0.3, 0.4) is 0 Å². The minimum atomic E-state index is 0.0218. The van der Waals surface area contributed by atoms with Gasteiger partial charge >= 0.3 is 0 Å². The number of nitrogens with zero attached hydrogens (tertiary/aromatic N) is 1. The average molecular weight is 322 g/mol. The maximum atomic E-state index is 13.0. The van der Waals surface area contributed by atoms with Crippen LogP contribution in [-0.2, 0) is 17.8 Å². The van der Waals surface area contributed by atoms with Crippen LogP contribution in [0.1, 0.15) is 41.8 Å². The molecule has 0 radical (unpaired) electrons. The summed E-state index contributed by atoms with van der Waals surface area (Å²) < 4.78 is 0. The van der Waals surface area contributed by atoms with Gasteiger partial charge in [0.2, 0.25) is 5.91 Å². The van der Waals surface area contributed by atoms with Crippen molar-refractivity contribution in [1.29, 1.82) is 0 Å². The van der Waals surface area contributed by atoms with E-state index in [1.807, 2.05) is 61.2 Å². The zero-order chi connectivity index (χ0) is 17.1. The Hall–Kier alpha value is -2.62. The number of aryl methyl sites for hydroxylation is 1. The van der Waals surface area contributed by atoms with Crippen molar-refractivity contribution >= 4 is 17.5 Å². The third kappa shape index (κ3) is 3.48. The number of benzene rings is 2. The van der Waals surface area contributed by atoms with Gasteiger partial charge in [-0.1, -0.05) is 30.3 Å². The van der Waals surface area contributed by atoms with Gasteiger partial charge in [0, 0.05) is 30.3 Å². The minimum Gasteiger partial charge on any atom is -0.332 e. The third-order valence-corrected chi connectivity index (χ3v) is 4.33. The highest BCUT2D eigenvalue weighted by molar-refractivity contribution is 5.98. The van der Waals surface area contributed by atoms with Crippen LogP contribution in [0.15, 0.2) is 48.5 Å². The number of carbonyl (C=O) groups excluding carboxylic acids is 2. The molecule has 2 aromatic carbocycles. The molecule has 0 fully saturated rings. The molecule has 2 amide bonds. The molecule has 4 nitrogen and oxygen atoms in total. The number of rotatable bonds is 4. The Bertz CT molecular complexity index is 753. The number of anilines is 1. The standard InChI is InChI=1S/C20H22N2O2/c1-14(2)22(13-15-6-4-3-5-7-15)20(24)17-8-10-18-16(12-17)9-11-19(23)21-18/h3-8,10,12,14H,9,11,13H2,1-2H3,(H,21,23). The first-order valence-electron chi connectivity index (χ1n) is 8.32. The molecular weight excluding hydrogens is 300 g/mol. The summed E-state index contributed by atoms with van der Waals surface area (Å²) in [6.07, 6.45) is 1.16. The molecule has 0 spiro atoms. The van der Waals surface area contributed by atoms with Crippen LogP contribution in [0.2, 0.25) is 0 Å². The lowest BCUT2D eigenvalue weighted by Gasteiger charge is -2.27. The molecule has 4 heteroatoms. The third-order valence-electron chi connectivity index (χ3n) is 4.33. The van der Waals surface area contributed by atoms with Crippen LogP contribution < -0.4 is 5.32 Å². The van der Waals surface area contributed by atoms with Crippen molar-refractivity contribution in [1.82, 2.24) is 4.90 Å². The predicted molar refractivity (Wildman–Crippen MR) is 94.8 cm³/mol. The molecule has 1 aliphatic rings. The second kappa shape index (κ2) is 6.87. The van der Waals surface area contributed by atoms with Gasteiger partial charge in [-0.15, -0.1) is 0 Å². The van der Waals surface area contributed by atoms with Crippen molar-refractivity contribution in [3.8, 4) is 0 Å². The van der Waals surface area contributed by atoms with E-state index in [1.165, 1.54) is 0 Å². The fraction of sp³-hybridized carbons (Fsp3) is 0.300. The van der Waals surface area contributed by atoms with Gasteiger partial charge in [-0.05, 0) is 49.6 Å². The molecule has 0 aromatic heterocycles. The number of fused-ring (bicyclic) bond motifs is 1. The molecule has 1 aliphatic heterocycles. The highest BCUT2D eigenvalue weighted by atomic mass is 16.2. The second-order valence-corrected chi connectivity index (χ2v) is 6.43. The molecule has 1 N–H and O–H groups in total. The molecule has 2 aromatic rings. The normalized spacial score (nSPS) is 13.4. The monoisotopic (exact) mass is 322 g/mol. The van der Waals surface area contributed by atoms with Gasteiger partial charge in [0.1, 0.15) is 0 Å². The zero-order valence-electron chi connectivity index (χ0n) is 14.1. The minimum absolute atomic E-state index is 0.0218. The summed E-state index contributed by atoms with van der Waals surface area (Å²) in [4.78, 5) is 26.3. The summed E-state index contributed by atoms with van der Waals surface area (Å²) in [5.74, 6) is 0.0583. The van der Waals surface area contributed by atoms with Crippen LogP contribution in [0, 0.1) is 0 Å². The Labute approximate surface area is 142 Å². The number of carbonyl (C=O) groups is 2. The molecule has 0 unspecified atom stereocenters. The summed E-state index contributed by atoms with van der Waals surface area (Å²) in [5.41, 5.74) is 3.64. The van der Waals surface area contributed by atoms with Crippen molar-refractivity contribution in [2.75, 3.05) is 5.32 Å². The van der Waals surface area contributed by atoms with Crippen LogP contribution in [0.5, 0.6) is 0 Å². The van der Waals surface area contributed by atoms with Crippen LogP contribution in [0.25, 0.3) is 0 Å². The lowest BCUT2D eigenvalue weighted by atomic mass is 9.99.